The molecule has 3 aromatic rings. The second kappa shape index (κ2) is 5.13. The Bertz CT molecular complexity index is 826. The highest BCUT2D eigenvalue weighted by Crippen LogP contribution is 2.31. The smallest absolute Gasteiger partial charge is 0.235 e. The molecular weight excluding hydrogens is 268 g/mol. The van der Waals surface area contributed by atoms with Gasteiger partial charge in [0.15, 0.2) is 5.76 Å². The van der Waals surface area contributed by atoms with Crippen molar-refractivity contribution in [3.05, 3.63) is 52.4 Å². The lowest BCUT2D eigenvalue weighted by Gasteiger charge is -2.12. The van der Waals surface area contributed by atoms with Crippen molar-refractivity contribution in [2.75, 3.05) is 0 Å². The summed E-state index contributed by atoms with van der Waals surface area (Å²) in [5.41, 5.74) is 1.34. The van der Waals surface area contributed by atoms with Crippen molar-refractivity contribution < 1.29 is 13.6 Å². The second-order valence-electron chi connectivity index (χ2n) is 5.23. The van der Waals surface area contributed by atoms with Gasteiger partial charge in [-0.25, -0.2) is 0 Å². The van der Waals surface area contributed by atoms with Crippen LogP contribution in [-0.2, 0) is 0 Å². The lowest BCUT2D eigenvalue weighted by atomic mass is 10.1. The van der Waals surface area contributed by atoms with Crippen molar-refractivity contribution in [2.45, 2.75) is 26.9 Å². The molecule has 0 unspecified atom stereocenters. The van der Waals surface area contributed by atoms with Gasteiger partial charge >= 0.3 is 0 Å². The lowest BCUT2D eigenvalue weighted by molar-refractivity contribution is 0.236. The van der Waals surface area contributed by atoms with Gasteiger partial charge in [-0.05, 0) is 45.0 Å². The van der Waals surface area contributed by atoms with Crippen LogP contribution >= 0.6 is 0 Å². The van der Waals surface area contributed by atoms with Crippen LogP contribution < -0.4 is 10.2 Å². The van der Waals surface area contributed by atoms with Gasteiger partial charge in [-0.2, -0.15) is 0 Å². The van der Waals surface area contributed by atoms with Crippen molar-refractivity contribution in [1.82, 2.24) is 0 Å². The second-order valence-corrected chi connectivity index (χ2v) is 5.23. The third-order valence-electron chi connectivity index (χ3n) is 3.10. The van der Waals surface area contributed by atoms with Crippen LogP contribution in [0.5, 0.6) is 5.75 Å². The Kier molecular flexibility index (Phi) is 3.29. The van der Waals surface area contributed by atoms with E-state index >= 15 is 0 Å². The van der Waals surface area contributed by atoms with E-state index in [0.717, 1.165) is 5.56 Å². The number of hydrogen-bond acceptors (Lipinski definition) is 4. The van der Waals surface area contributed by atoms with Gasteiger partial charge in [-0.15, -0.1) is 0 Å². The normalized spacial score (nSPS) is 11.2. The molecule has 108 valence electrons. The van der Waals surface area contributed by atoms with Crippen molar-refractivity contribution in [2.24, 2.45) is 0 Å². The first-order chi connectivity index (χ1) is 10.1. The number of furan rings is 1. The fourth-order valence-corrected chi connectivity index (χ4v) is 2.20. The summed E-state index contributed by atoms with van der Waals surface area (Å²) in [6, 6.07) is 8.98. The minimum atomic E-state index is -0.181. The van der Waals surface area contributed by atoms with Gasteiger partial charge in [-0.1, -0.05) is 11.6 Å². The number of benzene rings is 1. The Morgan fingerprint density at radius 3 is 2.67 bits per heavy atom. The number of rotatable bonds is 3. The molecule has 0 aliphatic rings. The Labute approximate surface area is 122 Å². The molecule has 0 amide bonds. The fourth-order valence-electron chi connectivity index (χ4n) is 2.20. The highest BCUT2D eigenvalue weighted by molar-refractivity contribution is 5.81. The predicted molar refractivity (Wildman–Crippen MR) is 80.7 cm³/mol. The number of fused-ring (bicyclic) bond motifs is 1. The maximum atomic E-state index is 12.7. The van der Waals surface area contributed by atoms with E-state index in [-0.39, 0.29) is 17.3 Å². The van der Waals surface area contributed by atoms with Crippen molar-refractivity contribution >= 4 is 11.0 Å². The highest BCUT2D eigenvalue weighted by atomic mass is 16.5. The molecule has 0 spiro atoms. The number of hydrogen-bond donors (Lipinski definition) is 0. The van der Waals surface area contributed by atoms with Crippen molar-refractivity contribution in [1.29, 1.82) is 0 Å². The largest absolute Gasteiger partial charge is 0.483 e. The molecule has 1 aromatic carbocycles. The summed E-state index contributed by atoms with van der Waals surface area (Å²) >= 11 is 0. The van der Waals surface area contributed by atoms with Crippen LogP contribution in [0.1, 0.15) is 19.4 Å². The molecule has 2 heterocycles. The molecule has 0 saturated heterocycles. The van der Waals surface area contributed by atoms with E-state index in [1.54, 1.807) is 24.3 Å². The lowest BCUT2D eigenvalue weighted by Crippen LogP contribution is -2.15. The molecule has 0 radical (unpaired) electrons. The summed E-state index contributed by atoms with van der Waals surface area (Å²) in [7, 11) is 0. The highest BCUT2D eigenvalue weighted by Gasteiger charge is 2.20. The van der Waals surface area contributed by atoms with Gasteiger partial charge in [0.05, 0.1) is 17.8 Å². The summed E-state index contributed by atoms with van der Waals surface area (Å²) in [6.07, 6.45) is 1.40. The molecule has 0 aliphatic carbocycles. The number of ether oxygens (including phenoxy) is 1. The molecule has 0 N–H and O–H groups in total. The summed E-state index contributed by atoms with van der Waals surface area (Å²) < 4.78 is 16.9. The SMILES string of the molecule is Cc1ccc2oc(-c3ccco3)c(OC(C)C)c(=O)c2c1. The Balaban J connectivity index is 2.35. The molecule has 4 nitrogen and oxygen atoms in total. The maximum Gasteiger partial charge on any atom is 0.235 e. The molecule has 3 rings (SSSR count). The fraction of sp³-hybridized carbons (Fsp3) is 0.235. The quantitative estimate of drug-likeness (QED) is 0.725. The van der Waals surface area contributed by atoms with Gasteiger partial charge in [0, 0.05) is 0 Å². The van der Waals surface area contributed by atoms with Crippen LogP contribution in [0.4, 0.5) is 0 Å². The first-order valence-corrected chi connectivity index (χ1v) is 6.84. The molecule has 4 heteroatoms. The van der Waals surface area contributed by atoms with E-state index in [2.05, 4.69) is 0 Å². The van der Waals surface area contributed by atoms with Gasteiger partial charge in [0.2, 0.25) is 16.9 Å². The van der Waals surface area contributed by atoms with E-state index in [0.29, 0.717) is 22.5 Å². The van der Waals surface area contributed by atoms with E-state index < -0.39 is 0 Å². The molecule has 0 saturated carbocycles. The molecule has 21 heavy (non-hydrogen) atoms. The molecular formula is C17H16O4. The zero-order chi connectivity index (χ0) is 15.0. The zero-order valence-electron chi connectivity index (χ0n) is 12.2. The topological polar surface area (TPSA) is 52.6 Å². The minimum Gasteiger partial charge on any atom is -0.483 e. The van der Waals surface area contributed by atoms with Crippen LogP contribution in [0.25, 0.3) is 22.5 Å². The summed E-state index contributed by atoms with van der Waals surface area (Å²) in [4.78, 5) is 12.7. The number of aryl methyl sites for hydroxylation is 1. The molecule has 0 atom stereocenters. The average Bonchev–Trinajstić information content (AvgIpc) is 2.96. The first kappa shape index (κ1) is 13.5. The third-order valence-corrected chi connectivity index (χ3v) is 3.10. The predicted octanol–water partition coefficient (Wildman–Crippen LogP) is 4.15. The van der Waals surface area contributed by atoms with E-state index in [1.165, 1.54) is 6.26 Å². The summed E-state index contributed by atoms with van der Waals surface area (Å²) in [5, 5.41) is 0.515. The van der Waals surface area contributed by atoms with Crippen molar-refractivity contribution in [3.63, 3.8) is 0 Å². The van der Waals surface area contributed by atoms with Crippen LogP contribution in [0.3, 0.4) is 0 Å². The monoisotopic (exact) mass is 284 g/mol. The minimum absolute atomic E-state index is 0.135. The van der Waals surface area contributed by atoms with Crippen LogP contribution in [0, 0.1) is 6.92 Å². The molecule has 0 aliphatic heterocycles. The van der Waals surface area contributed by atoms with Crippen molar-refractivity contribution in [3.8, 4) is 17.3 Å². The molecule has 0 fully saturated rings. The van der Waals surface area contributed by atoms with Crippen LogP contribution in [0.15, 0.2) is 50.2 Å². The standard InChI is InChI=1S/C17H16O4/c1-10(2)20-17-15(18)12-9-11(3)6-7-13(12)21-16(17)14-5-4-8-19-14/h4-10H,1-3H3. The van der Waals surface area contributed by atoms with Gasteiger partial charge in [0.25, 0.3) is 0 Å². The maximum absolute atomic E-state index is 12.7. The van der Waals surface area contributed by atoms with E-state index in [1.807, 2.05) is 26.8 Å². The summed E-state index contributed by atoms with van der Waals surface area (Å²) in [5.74, 6) is 0.998. The Morgan fingerprint density at radius 2 is 2.00 bits per heavy atom. The van der Waals surface area contributed by atoms with Gasteiger partial charge < -0.3 is 13.6 Å². The third kappa shape index (κ3) is 2.44. The molecule has 0 bridgehead atoms. The summed E-state index contributed by atoms with van der Waals surface area (Å²) in [6.45, 7) is 5.67. The van der Waals surface area contributed by atoms with E-state index in [9.17, 15) is 4.79 Å². The van der Waals surface area contributed by atoms with Gasteiger partial charge in [0.1, 0.15) is 5.58 Å². The van der Waals surface area contributed by atoms with E-state index in [4.69, 9.17) is 13.6 Å². The van der Waals surface area contributed by atoms with Gasteiger partial charge in [-0.3, -0.25) is 4.79 Å². The Hall–Kier alpha value is -2.49. The zero-order valence-corrected chi connectivity index (χ0v) is 12.2. The van der Waals surface area contributed by atoms with Crippen LogP contribution in [-0.4, -0.2) is 6.10 Å². The molecule has 2 aromatic heterocycles. The Morgan fingerprint density at radius 1 is 1.19 bits per heavy atom. The first-order valence-electron chi connectivity index (χ1n) is 6.84. The van der Waals surface area contributed by atoms with Crippen LogP contribution in [0.2, 0.25) is 0 Å². The average molecular weight is 284 g/mol.